The number of methoxy groups -OCH3 is 2. The van der Waals surface area contributed by atoms with E-state index in [0.29, 0.717) is 22.3 Å². The molecule has 32 heavy (non-hydrogen) atoms. The van der Waals surface area contributed by atoms with E-state index in [1.54, 1.807) is 32.4 Å². The van der Waals surface area contributed by atoms with Gasteiger partial charge in [-0.2, -0.15) is 0 Å². The Kier molecular flexibility index (Phi) is 7.99. The zero-order valence-electron chi connectivity index (χ0n) is 19.1. The van der Waals surface area contributed by atoms with Crippen LogP contribution in [0.25, 0.3) is 11.4 Å². The van der Waals surface area contributed by atoms with E-state index in [0.717, 1.165) is 24.5 Å². The minimum atomic E-state index is -0.172. The van der Waals surface area contributed by atoms with Crippen molar-refractivity contribution in [3.8, 4) is 22.9 Å². The van der Waals surface area contributed by atoms with Gasteiger partial charge in [-0.05, 0) is 50.2 Å². The van der Waals surface area contributed by atoms with Crippen molar-refractivity contribution in [3.05, 3.63) is 42.5 Å². The Morgan fingerprint density at radius 2 is 1.78 bits per heavy atom. The molecular weight excluding hydrogens is 426 g/mol. The predicted molar refractivity (Wildman–Crippen MR) is 129 cm³/mol. The van der Waals surface area contributed by atoms with Crippen LogP contribution in [-0.4, -0.2) is 53.7 Å². The second kappa shape index (κ2) is 10.9. The van der Waals surface area contributed by atoms with Gasteiger partial charge in [0.1, 0.15) is 11.5 Å². The molecule has 0 saturated heterocycles. The maximum absolute atomic E-state index is 12.5. The molecule has 0 aliphatic carbocycles. The minimum absolute atomic E-state index is 0.172. The molecule has 0 fully saturated rings. The Morgan fingerprint density at radius 3 is 2.41 bits per heavy atom. The molecule has 0 radical (unpaired) electrons. The van der Waals surface area contributed by atoms with Gasteiger partial charge in [0, 0.05) is 37.5 Å². The van der Waals surface area contributed by atoms with Crippen molar-refractivity contribution in [2.75, 3.05) is 43.3 Å². The zero-order valence-corrected chi connectivity index (χ0v) is 19.9. The number of hydrogen-bond acceptors (Lipinski definition) is 7. The number of rotatable bonds is 10. The summed E-state index contributed by atoms with van der Waals surface area (Å²) in [5.74, 6) is 1.98. The summed E-state index contributed by atoms with van der Waals surface area (Å²) in [6.07, 6.45) is 0. The lowest BCUT2D eigenvalue weighted by molar-refractivity contribution is -0.113. The number of anilines is 2. The number of carbonyl (C=O) groups is 1. The summed E-state index contributed by atoms with van der Waals surface area (Å²) in [6.45, 7) is 6.21. The lowest BCUT2D eigenvalue weighted by Gasteiger charge is -2.21. The van der Waals surface area contributed by atoms with Crippen molar-refractivity contribution >= 4 is 29.0 Å². The third-order valence-corrected chi connectivity index (χ3v) is 6.12. The molecule has 1 heterocycles. The smallest absolute Gasteiger partial charge is 0.234 e. The molecule has 1 N–H and O–H groups in total. The van der Waals surface area contributed by atoms with Crippen LogP contribution < -0.4 is 19.7 Å². The molecule has 1 amide bonds. The number of amides is 1. The van der Waals surface area contributed by atoms with Gasteiger partial charge in [-0.15, -0.1) is 10.2 Å². The van der Waals surface area contributed by atoms with E-state index in [2.05, 4.69) is 46.4 Å². The highest BCUT2D eigenvalue weighted by molar-refractivity contribution is 7.99. The number of ether oxygens (including phenoxy) is 2. The Bertz CT molecular complexity index is 1050. The summed E-state index contributed by atoms with van der Waals surface area (Å²) in [6, 6.07) is 13.5. The lowest BCUT2D eigenvalue weighted by atomic mass is 10.2. The fourth-order valence-electron chi connectivity index (χ4n) is 3.33. The maximum Gasteiger partial charge on any atom is 0.234 e. The summed E-state index contributed by atoms with van der Waals surface area (Å²) in [5, 5.41) is 12.1. The van der Waals surface area contributed by atoms with Crippen LogP contribution in [-0.2, 0) is 11.8 Å². The fourth-order valence-corrected chi connectivity index (χ4v) is 4.04. The van der Waals surface area contributed by atoms with Crippen LogP contribution in [0.2, 0.25) is 0 Å². The fraction of sp³-hybridized carbons (Fsp3) is 0.348. The molecule has 170 valence electrons. The van der Waals surface area contributed by atoms with Crippen LogP contribution in [0.15, 0.2) is 47.6 Å². The third kappa shape index (κ3) is 5.34. The summed E-state index contributed by atoms with van der Waals surface area (Å²) in [5.41, 5.74) is 2.72. The SMILES string of the molecule is CCN(CC)c1ccc(-c2nnc(SCC(=O)Nc3cc(OC)ccc3OC)n2C)cc1. The first-order valence-corrected chi connectivity index (χ1v) is 11.4. The molecule has 0 saturated carbocycles. The van der Waals surface area contributed by atoms with Crippen molar-refractivity contribution in [2.24, 2.45) is 7.05 Å². The van der Waals surface area contributed by atoms with Crippen LogP contribution >= 0.6 is 11.8 Å². The van der Waals surface area contributed by atoms with Gasteiger partial charge in [0.25, 0.3) is 0 Å². The highest BCUT2D eigenvalue weighted by Gasteiger charge is 2.15. The van der Waals surface area contributed by atoms with Crippen LogP contribution in [0.1, 0.15) is 13.8 Å². The molecule has 1 aromatic heterocycles. The van der Waals surface area contributed by atoms with Gasteiger partial charge in [-0.25, -0.2) is 0 Å². The van der Waals surface area contributed by atoms with Gasteiger partial charge in [0.15, 0.2) is 11.0 Å². The number of aromatic nitrogens is 3. The van der Waals surface area contributed by atoms with Crippen molar-refractivity contribution in [1.82, 2.24) is 14.8 Å². The number of thioether (sulfide) groups is 1. The number of nitrogens with zero attached hydrogens (tertiary/aromatic N) is 4. The zero-order chi connectivity index (χ0) is 23.1. The van der Waals surface area contributed by atoms with Crippen LogP contribution in [0.5, 0.6) is 11.5 Å². The molecule has 0 atom stereocenters. The largest absolute Gasteiger partial charge is 0.497 e. The Balaban J connectivity index is 1.66. The highest BCUT2D eigenvalue weighted by atomic mass is 32.2. The molecule has 0 aliphatic rings. The van der Waals surface area contributed by atoms with Gasteiger partial charge >= 0.3 is 0 Å². The van der Waals surface area contributed by atoms with E-state index in [-0.39, 0.29) is 11.7 Å². The Hall–Kier alpha value is -3.20. The maximum atomic E-state index is 12.5. The standard InChI is InChI=1S/C23H29N5O3S/c1-6-28(7-2)17-10-8-16(9-11-17)22-25-26-23(27(22)3)32-15-21(29)24-19-14-18(30-4)12-13-20(19)31-5/h8-14H,6-7,15H2,1-5H3,(H,24,29). The predicted octanol–water partition coefficient (Wildman–Crippen LogP) is 4.08. The second-order valence-electron chi connectivity index (χ2n) is 6.99. The van der Waals surface area contributed by atoms with E-state index in [1.165, 1.54) is 17.4 Å². The highest BCUT2D eigenvalue weighted by Crippen LogP contribution is 2.29. The lowest BCUT2D eigenvalue weighted by Crippen LogP contribution is -2.21. The van der Waals surface area contributed by atoms with Gasteiger partial charge < -0.3 is 24.3 Å². The van der Waals surface area contributed by atoms with E-state index < -0.39 is 0 Å². The molecule has 2 aromatic carbocycles. The number of carbonyl (C=O) groups excluding carboxylic acids is 1. The van der Waals surface area contributed by atoms with Crippen LogP contribution in [0, 0.1) is 0 Å². The number of hydrogen-bond donors (Lipinski definition) is 1. The first kappa shape index (κ1) is 23.5. The van der Waals surface area contributed by atoms with Crippen molar-refractivity contribution in [3.63, 3.8) is 0 Å². The van der Waals surface area contributed by atoms with Crippen molar-refractivity contribution in [2.45, 2.75) is 19.0 Å². The van der Waals surface area contributed by atoms with E-state index >= 15 is 0 Å². The Labute approximate surface area is 192 Å². The van der Waals surface area contributed by atoms with E-state index in [4.69, 9.17) is 9.47 Å². The number of nitrogens with one attached hydrogen (secondary N) is 1. The molecule has 0 aliphatic heterocycles. The van der Waals surface area contributed by atoms with Crippen molar-refractivity contribution < 1.29 is 14.3 Å². The van der Waals surface area contributed by atoms with Crippen LogP contribution in [0.4, 0.5) is 11.4 Å². The summed E-state index contributed by atoms with van der Waals surface area (Å²) in [7, 11) is 5.03. The average molecular weight is 456 g/mol. The number of benzene rings is 2. The third-order valence-electron chi connectivity index (χ3n) is 5.10. The monoisotopic (exact) mass is 455 g/mol. The van der Waals surface area contributed by atoms with Gasteiger partial charge in [-0.3, -0.25) is 4.79 Å². The van der Waals surface area contributed by atoms with Gasteiger partial charge in [0.05, 0.1) is 25.7 Å². The van der Waals surface area contributed by atoms with Crippen LogP contribution in [0.3, 0.4) is 0 Å². The van der Waals surface area contributed by atoms with Gasteiger partial charge in [-0.1, -0.05) is 11.8 Å². The van der Waals surface area contributed by atoms with Crippen molar-refractivity contribution in [1.29, 1.82) is 0 Å². The summed E-state index contributed by atoms with van der Waals surface area (Å²) < 4.78 is 12.4. The molecule has 0 spiro atoms. The average Bonchev–Trinajstić information content (AvgIpc) is 3.19. The first-order chi connectivity index (χ1) is 15.5. The molecule has 3 rings (SSSR count). The molecule has 0 unspecified atom stereocenters. The Morgan fingerprint density at radius 1 is 1.06 bits per heavy atom. The summed E-state index contributed by atoms with van der Waals surface area (Å²) in [4.78, 5) is 14.8. The summed E-state index contributed by atoms with van der Waals surface area (Å²) >= 11 is 1.33. The molecule has 3 aromatic rings. The molecule has 8 nitrogen and oxygen atoms in total. The first-order valence-electron chi connectivity index (χ1n) is 10.4. The topological polar surface area (TPSA) is 81.5 Å². The quantitative estimate of drug-likeness (QED) is 0.461. The second-order valence-corrected chi connectivity index (χ2v) is 7.93. The minimum Gasteiger partial charge on any atom is -0.497 e. The molecule has 0 bridgehead atoms. The molecule has 9 heteroatoms. The van der Waals surface area contributed by atoms with E-state index in [1.807, 2.05) is 23.7 Å². The normalized spacial score (nSPS) is 10.7. The molecular formula is C23H29N5O3S. The van der Waals surface area contributed by atoms with E-state index in [9.17, 15) is 4.79 Å². The van der Waals surface area contributed by atoms with Gasteiger partial charge in [0.2, 0.25) is 5.91 Å².